The van der Waals surface area contributed by atoms with E-state index in [0.717, 1.165) is 6.42 Å². The van der Waals surface area contributed by atoms with Crippen molar-refractivity contribution in [3.8, 4) is 0 Å². The molecule has 0 bridgehead atoms. The van der Waals surface area contributed by atoms with Crippen LogP contribution in [0.1, 0.15) is 19.8 Å². The number of hydrogen-bond acceptors (Lipinski definition) is 5. The zero-order valence-electron chi connectivity index (χ0n) is 10.5. The Labute approximate surface area is 97.2 Å². The number of carbonyl (C=O) groups is 1. The highest BCUT2D eigenvalue weighted by atomic mass is 16.5. The van der Waals surface area contributed by atoms with Crippen LogP contribution in [0.15, 0.2) is 0 Å². The van der Waals surface area contributed by atoms with Gasteiger partial charge in [0.25, 0.3) is 0 Å². The first-order valence-electron chi connectivity index (χ1n) is 5.46. The van der Waals surface area contributed by atoms with Gasteiger partial charge in [-0.1, -0.05) is 0 Å². The van der Waals surface area contributed by atoms with Crippen LogP contribution in [0, 0.1) is 5.41 Å². The lowest BCUT2D eigenvalue weighted by atomic mass is 9.87. The van der Waals surface area contributed by atoms with E-state index in [9.17, 15) is 4.79 Å². The van der Waals surface area contributed by atoms with Crippen molar-refractivity contribution in [2.24, 2.45) is 11.1 Å². The van der Waals surface area contributed by atoms with Crippen LogP contribution in [0.4, 0.5) is 0 Å². The summed E-state index contributed by atoms with van der Waals surface area (Å²) in [6.07, 6.45) is 1.43. The minimum Gasteiger partial charge on any atom is -0.469 e. The van der Waals surface area contributed by atoms with Crippen LogP contribution in [0.25, 0.3) is 0 Å². The lowest BCUT2D eigenvalue weighted by Gasteiger charge is -2.24. The Morgan fingerprint density at radius 2 is 1.94 bits per heavy atom. The predicted octanol–water partition coefficient (Wildman–Crippen LogP) is 0.568. The van der Waals surface area contributed by atoms with Gasteiger partial charge in [0, 0.05) is 33.5 Å². The quantitative estimate of drug-likeness (QED) is 0.465. The Morgan fingerprint density at radius 1 is 1.25 bits per heavy atom. The minimum absolute atomic E-state index is 0.265. The van der Waals surface area contributed by atoms with Crippen LogP contribution in [0.2, 0.25) is 0 Å². The van der Waals surface area contributed by atoms with E-state index in [0.29, 0.717) is 26.2 Å². The maximum atomic E-state index is 11.5. The van der Waals surface area contributed by atoms with Crippen LogP contribution in [-0.2, 0) is 19.0 Å². The van der Waals surface area contributed by atoms with Crippen molar-refractivity contribution in [1.82, 2.24) is 0 Å². The lowest BCUT2D eigenvalue weighted by Crippen LogP contribution is -2.37. The van der Waals surface area contributed by atoms with E-state index >= 15 is 0 Å². The molecular weight excluding hydrogens is 210 g/mol. The molecule has 0 rings (SSSR count). The van der Waals surface area contributed by atoms with Gasteiger partial charge in [-0.2, -0.15) is 0 Å². The molecule has 0 radical (unpaired) electrons. The number of hydrogen-bond donors (Lipinski definition) is 1. The molecule has 2 N–H and O–H groups in total. The monoisotopic (exact) mass is 233 g/mol. The van der Waals surface area contributed by atoms with Crippen molar-refractivity contribution in [2.75, 3.05) is 40.6 Å². The molecule has 0 aromatic heterocycles. The summed E-state index contributed by atoms with van der Waals surface area (Å²) in [4.78, 5) is 11.5. The summed E-state index contributed by atoms with van der Waals surface area (Å²) in [5.74, 6) is -0.282. The molecule has 0 aromatic rings. The van der Waals surface area contributed by atoms with Gasteiger partial charge in [-0.25, -0.2) is 0 Å². The van der Waals surface area contributed by atoms with Gasteiger partial charge < -0.3 is 19.9 Å². The minimum atomic E-state index is -0.643. The fourth-order valence-corrected chi connectivity index (χ4v) is 1.24. The standard InChI is InChI=1S/C11H23NO4/c1-11(9-12,10(13)15-3)5-8-16-7-4-6-14-2/h4-9,12H2,1-3H3. The molecule has 0 heterocycles. The summed E-state index contributed by atoms with van der Waals surface area (Å²) in [6, 6.07) is 0. The van der Waals surface area contributed by atoms with Gasteiger partial charge in [-0.3, -0.25) is 4.79 Å². The highest BCUT2D eigenvalue weighted by molar-refractivity contribution is 5.76. The summed E-state index contributed by atoms with van der Waals surface area (Å²) < 4.78 is 15.0. The van der Waals surface area contributed by atoms with E-state index in [4.69, 9.17) is 19.9 Å². The van der Waals surface area contributed by atoms with Crippen molar-refractivity contribution in [3.63, 3.8) is 0 Å². The summed E-state index contributed by atoms with van der Waals surface area (Å²) in [5.41, 5.74) is 4.93. The highest BCUT2D eigenvalue weighted by Crippen LogP contribution is 2.21. The van der Waals surface area contributed by atoms with Gasteiger partial charge in [0.2, 0.25) is 0 Å². The molecule has 16 heavy (non-hydrogen) atoms. The van der Waals surface area contributed by atoms with Crippen molar-refractivity contribution in [3.05, 3.63) is 0 Å². The van der Waals surface area contributed by atoms with E-state index in [-0.39, 0.29) is 12.5 Å². The molecule has 0 saturated heterocycles. The summed E-state index contributed by atoms with van der Waals surface area (Å²) >= 11 is 0. The third-order valence-electron chi connectivity index (χ3n) is 2.56. The molecule has 0 aliphatic heterocycles. The van der Waals surface area contributed by atoms with Crippen LogP contribution in [0.3, 0.4) is 0 Å². The number of esters is 1. The van der Waals surface area contributed by atoms with Gasteiger partial charge in [0.15, 0.2) is 0 Å². The number of rotatable bonds is 9. The second kappa shape index (κ2) is 8.50. The van der Waals surface area contributed by atoms with Crippen LogP contribution in [0.5, 0.6) is 0 Å². The van der Waals surface area contributed by atoms with Crippen LogP contribution in [-0.4, -0.2) is 46.6 Å². The number of carbonyl (C=O) groups excluding carboxylic acids is 1. The Balaban J connectivity index is 3.74. The molecule has 0 aliphatic carbocycles. The zero-order chi connectivity index (χ0) is 12.4. The maximum absolute atomic E-state index is 11.5. The molecule has 0 saturated carbocycles. The second-order valence-electron chi connectivity index (χ2n) is 3.97. The fourth-order valence-electron chi connectivity index (χ4n) is 1.24. The number of nitrogens with two attached hydrogens (primary N) is 1. The third kappa shape index (κ3) is 5.44. The fraction of sp³-hybridized carbons (Fsp3) is 0.909. The van der Waals surface area contributed by atoms with E-state index in [1.165, 1.54) is 7.11 Å². The molecule has 5 heteroatoms. The van der Waals surface area contributed by atoms with Crippen LogP contribution < -0.4 is 5.73 Å². The van der Waals surface area contributed by atoms with Gasteiger partial charge in [-0.05, 0) is 19.8 Å². The highest BCUT2D eigenvalue weighted by Gasteiger charge is 2.32. The van der Waals surface area contributed by atoms with E-state index in [1.54, 1.807) is 14.0 Å². The first-order valence-corrected chi connectivity index (χ1v) is 5.46. The molecule has 0 spiro atoms. The molecule has 0 fully saturated rings. The molecule has 0 aliphatic rings. The molecule has 96 valence electrons. The summed E-state index contributed by atoms with van der Waals surface area (Å²) in [7, 11) is 3.03. The normalized spacial score (nSPS) is 14.5. The molecular formula is C11H23NO4. The molecule has 1 atom stereocenters. The van der Waals surface area contributed by atoms with Gasteiger partial charge >= 0.3 is 5.97 Å². The van der Waals surface area contributed by atoms with Crippen molar-refractivity contribution < 1.29 is 19.0 Å². The molecule has 1 unspecified atom stereocenters. The van der Waals surface area contributed by atoms with Gasteiger partial charge in [-0.15, -0.1) is 0 Å². The zero-order valence-corrected chi connectivity index (χ0v) is 10.5. The van der Waals surface area contributed by atoms with Crippen molar-refractivity contribution in [1.29, 1.82) is 0 Å². The SMILES string of the molecule is COCCCOCCC(C)(CN)C(=O)OC. The summed E-state index contributed by atoms with van der Waals surface area (Å²) in [6.45, 7) is 3.88. The lowest BCUT2D eigenvalue weighted by molar-refractivity contribution is -0.152. The van der Waals surface area contributed by atoms with Crippen LogP contribution >= 0.6 is 0 Å². The largest absolute Gasteiger partial charge is 0.469 e. The second-order valence-corrected chi connectivity index (χ2v) is 3.97. The molecule has 0 aromatic carbocycles. The van der Waals surface area contributed by atoms with E-state index in [2.05, 4.69) is 0 Å². The summed E-state index contributed by atoms with van der Waals surface area (Å²) in [5, 5.41) is 0. The first-order chi connectivity index (χ1) is 7.60. The Morgan fingerprint density at radius 3 is 2.44 bits per heavy atom. The van der Waals surface area contributed by atoms with E-state index in [1.807, 2.05) is 0 Å². The smallest absolute Gasteiger partial charge is 0.312 e. The average molecular weight is 233 g/mol. The molecule has 0 amide bonds. The molecule has 5 nitrogen and oxygen atoms in total. The maximum Gasteiger partial charge on any atom is 0.312 e. The first kappa shape index (κ1) is 15.3. The average Bonchev–Trinajstić information content (AvgIpc) is 2.32. The Kier molecular flexibility index (Phi) is 8.15. The van der Waals surface area contributed by atoms with Gasteiger partial charge in [0.05, 0.1) is 12.5 Å². The number of methoxy groups -OCH3 is 2. The Bertz CT molecular complexity index is 198. The van der Waals surface area contributed by atoms with Crippen molar-refractivity contribution >= 4 is 5.97 Å². The third-order valence-corrected chi connectivity index (χ3v) is 2.56. The predicted molar refractivity (Wildman–Crippen MR) is 61.1 cm³/mol. The number of ether oxygens (including phenoxy) is 3. The topological polar surface area (TPSA) is 70.8 Å². The Hall–Kier alpha value is -0.650. The van der Waals surface area contributed by atoms with Crippen molar-refractivity contribution in [2.45, 2.75) is 19.8 Å². The van der Waals surface area contributed by atoms with E-state index < -0.39 is 5.41 Å². The van der Waals surface area contributed by atoms with Gasteiger partial charge in [0.1, 0.15) is 0 Å².